The van der Waals surface area contributed by atoms with Crippen LogP contribution < -0.4 is 24.8 Å². The lowest BCUT2D eigenvalue weighted by atomic mass is 9.61. The molecule has 1 aliphatic carbocycles. The van der Waals surface area contributed by atoms with E-state index in [2.05, 4.69) is 10.6 Å². The fourth-order valence-electron chi connectivity index (χ4n) is 5.48. The van der Waals surface area contributed by atoms with Crippen molar-refractivity contribution < 1.29 is 33.7 Å². The minimum atomic E-state index is -1.76. The SMILES string of the molecule is COc1ccccc1NC(=O)C1C(=O)CC(C)(O)C(C(=O)Nc2ccccc2OC)C1c1cccc(OC(C)C)c1. The van der Waals surface area contributed by atoms with E-state index in [0.717, 1.165) is 0 Å². The van der Waals surface area contributed by atoms with E-state index >= 15 is 0 Å². The van der Waals surface area contributed by atoms with Gasteiger partial charge in [-0.3, -0.25) is 14.4 Å². The Morgan fingerprint density at radius 2 is 1.44 bits per heavy atom. The Morgan fingerprint density at radius 3 is 2.00 bits per heavy atom. The molecule has 0 saturated heterocycles. The quantitative estimate of drug-likeness (QED) is 0.321. The number of hydrogen-bond acceptors (Lipinski definition) is 7. The number of para-hydroxylation sites is 4. The number of Topliss-reactive ketones (excluding diaryl/α,β-unsaturated/α-hetero) is 1. The van der Waals surface area contributed by atoms with Crippen LogP contribution >= 0.6 is 0 Å². The summed E-state index contributed by atoms with van der Waals surface area (Å²) in [4.78, 5) is 41.5. The first-order valence-electron chi connectivity index (χ1n) is 13.4. The van der Waals surface area contributed by atoms with Crippen LogP contribution in [0.2, 0.25) is 0 Å². The molecule has 4 unspecified atom stereocenters. The summed E-state index contributed by atoms with van der Waals surface area (Å²) in [5.41, 5.74) is -0.463. The van der Waals surface area contributed by atoms with Gasteiger partial charge in [-0.1, -0.05) is 36.4 Å². The molecule has 1 fully saturated rings. The number of ether oxygens (including phenoxy) is 3. The highest BCUT2D eigenvalue weighted by atomic mass is 16.5. The highest BCUT2D eigenvalue weighted by molar-refractivity contribution is 6.11. The average Bonchev–Trinajstić information content (AvgIpc) is 2.92. The number of methoxy groups -OCH3 is 2. The van der Waals surface area contributed by atoms with Gasteiger partial charge in [-0.15, -0.1) is 0 Å². The Labute approximate surface area is 239 Å². The number of carbonyl (C=O) groups is 3. The maximum absolute atomic E-state index is 14.0. The first-order valence-corrected chi connectivity index (χ1v) is 13.4. The van der Waals surface area contributed by atoms with Crippen LogP contribution in [0.3, 0.4) is 0 Å². The van der Waals surface area contributed by atoms with Crippen molar-refractivity contribution in [2.45, 2.75) is 44.8 Å². The van der Waals surface area contributed by atoms with E-state index in [9.17, 15) is 19.5 Å². The van der Waals surface area contributed by atoms with Crippen molar-refractivity contribution in [3.8, 4) is 17.2 Å². The predicted molar refractivity (Wildman–Crippen MR) is 155 cm³/mol. The summed E-state index contributed by atoms with van der Waals surface area (Å²) in [5.74, 6) is -3.77. The number of anilines is 2. The lowest BCUT2D eigenvalue weighted by molar-refractivity contribution is -0.150. The number of ketones is 1. The molecule has 3 aromatic carbocycles. The molecular formula is C32H36N2O7. The van der Waals surface area contributed by atoms with Crippen LogP contribution in [0.25, 0.3) is 0 Å². The number of benzene rings is 3. The molecule has 2 amide bonds. The van der Waals surface area contributed by atoms with E-state index in [-0.39, 0.29) is 12.5 Å². The molecule has 0 aromatic heterocycles. The maximum atomic E-state index is 14.0. The Bertz CT molecular complexity index is 1420. The minimum absolute atomic E-state index is 0.129. The Balaban J connectivity index is 1.81. The van der Waals surface area contributed by atoms with E-state index in [0.29, 0.717) is 34.2 Å². The fourth-order valence-corrected chi connectivity index (χ4v) is 5.48. The highest BCUT2D eigenvalue weighted by Crippen LogP contribution is 2.47. The molecule has 3 N–H and O–H groups in total. The Morgan fingerprint density at radius 1 is 0.878 bits per heavy atom. The van der Waals surface area contributed by atoms with Crippen LogP contribution in [0.15, 0.2) is 72.8 Å². The van der Waals surface area contributed by atoms with Crippen LogP contribution in [-0.4, -0.2) is 48.6 Å². The molecule has 9 nitrogen and oxygen atoms in total. The normalized spacial score (nSPS) is 22.1. The molecule has 0 heterocycles. The molecule has 1 aliphatic rings. The first kappa shape index (κ1) is 29.6. The molecule has 0 spiro atoms. The molecule has 9 heteroatoms. The minimum Gasteiger partial charge on any atom is -0.495 e. The van der Waals surface area contributed by atoms with Gasteiger partial charge in [0.15, 0.2) is 0 Å². The second kappa shape index (κ2) is 12.4. The van der Waals surface area contributed by atoms with Gasteiger partial charge in [0.2, 0.25) is 11.8 Å². The van der Waals surface area contributed by atoms with Crippen molar-refractivity contribution in [1.82, 2.24) is 0 Å². The van der Waals surface area contributed by atoms with E-state index < -0.39 is 41.0 Å². The average molecular weight is 561 g/mol. The van der Waals surface area contributed by atoms with Crippen molar-refractivity contribution in [3.63, 3.8) is 0 Å². The molecule has 216 valence electrons. The van der Waals surface area contributed by atoms with Gasteiger partial charge in [0, 0.05) is 12.3 Å². The number of nitrogens with one attached hydrogen (secondary N) is 2. The monoisotopic (exact) mass is 560 g/mol. The summed E-state index contributed by atoms with van der Waals surface area (Å²) < 4.78 is 16.6. The summed E-state index contributed by atoms with van der Waals surface area (Å²) in [6.07, 6.45) is -0.518. The van der Waals surface area contributed by atoms with E-state index in [1.54, 1.807) is 72.8 Å². The molecular weight excluding hydrogens is 524 g/mol. The van der Waals surface area contributed by atoms with Gasteiger partial charge in [0.25, 0.3) is 0 Å². The molecule has 0 bridgehead atoms. The van der Waals surface area contributed by atoms with Gasteiger partial charge in [0.1, 0.15) is 28.9 Å². The summed E-state index contributed by atoms with van der Waals surface area (Å²) >= 11 is 0. The zero-order chi connectivity index (χ0) is 29.7. The molecule has 41 heavy (non-hydrogen) atoms. The van der Waals surface area contributed by atoms with Crippen molar-refractivity contribution in [2.24, 2.45) is 11.8 Å². The molecule has 1 saturated carbocycles. The van der Waals surface area contributed by atoms with Gasteiger partial charge in [-0.05, 0) is 62.7 Å². The van der Waals surface area contributed by atoms with Gasteiger partial charge in [-0.25, -0.2) is 0 Å². The van der Waals surface area contributed by atoms with Crippen LogP contribution in [0.5, 0.6) is 17.2 Å². The number of carbonyl (C=O) groups excluding carboxylic acids is 3. The van der Waals surface area contributed by atoms with Crippen molar-refractivity contribution in [1.29, 1.82) is 0 Å². The Hall–Kier alpha value is -4.37. The van der Waals surface area contributed by atoms with Crippen molar-refractivity contribution in [3.05, 3.63) is 78.4 Å². The predicted octanol–water partition coefficient (Wildman–Crippen LogP) is 4.81. The van der Waals surface area contributed by atoms with Crippen LogP contribution in [-0.2, 0) is 14.4 Å². The third kappa shape index (κ3) is 6.52. The smallest absolute Gasteiger partial charge is 0.235 e. The Kier molecular flexibility index (Phi) is 8.98. The summed E-state index contributed by atoms with van der Waals surface area (Å²) in [5, 5.41) is 17.3. The lowest BCUT2D eigenvalue weighted by Crippen LogP contribution is -2.56. The second-order valence-corrected chi connectivity index (χ2v) is 10.6. The van der Waals surface area contributed by atoms with Gasteiger partial charge < -0.3 is 30.0 Å². The largest absolute Gasteiger partial charge is 0.495 e. The van der Waals surface area contributed by atoms with Crippen molar-refractivity contribution in [2.75, 3.05) is 24.9 Å². The van der Waals surface area contributed by atoms with Crippen LogP contribution in [0.1, 0.15) is 38.7 Å². The first-order chi connectivity index (χ1) is 19.6. The number of amides is 2. The zero-order valence-corrected chi connectivity index (χ0v) is 23.8. The molecule has 3 aromatic rings. The molecule has 4 atom stereocenters. The topological polar surface area (TPSA) is 123 Å². The van der Waals surface area contributed by atoms with E-state index in [4.69, 9.17) is 14.2 Å². The lowest BCUT2D eigenvalue weighted by Gasteiger charge is -2.44. The van der Waals surface area contributed by atoms with Crippen LogP contribution in [0, 0.1) is 11.8 Å². The number of rotatable bonds is 9. The van der Waals surface area contributed by atoms with E-state index in [1.807, 2.05) is 13.8 Å². The second-order valence-electron chi connectivity index (χ2n) is 10.6. The highest BCUT2D eigenvalue weighted by Gasteiger charge is 2.56. The molecule has 0 aliphatic heterocycles. The van der Waals surface area contributed by atoms with Crippen molar-refractivity contribution >= 4 is 29.0 Å². The van der Waals surface area contributed by atoms with Gasteiger partial charge in [-0.2, -0.15) is 0 Å². The third-order valence-electron chi connectivity index (χ3n) is 7.18. The van der Waals surface area contributed by atoms with Gasteiger partial charge in [0.05, 0.1) is 43.2 Å². The maximum Gasteiger partial charge on any atom is 0.235 e. The van der Waals surface area contributed by atoms with Crippen LogP contribution in [0.4, 0.5) is 11.4 Å². The molecule has 4 rings (SSSR count). The van der Waals surface area contributed by atoms with E-state index in [1.165, 1.54) is 21.1 Å². The summed E-state index contributed by atoms with van der Waals surface area (Å²) in [6, 6.07) is 20.7. The van der Waals surface area contributed by atoms with Gasteiger partial charge >= 0.3 is 0 Å². The number of aliphatic hydroxyl groups is 1. The standard InChI is InChI=1S/C32H36N2O7/c1-19(2)41-21-12-10-11-20(17-21)27-28(30(36)33-22-13-6-8-15-25(22)39-4)24(35)18-32(3,38)29(27)31(37)34-23-14-7-9-16-26(23)40-5/h6-17,19,27-29,38H,18H2,1-5H3,(H,33,36)(H,34,37). The zero-order valence-electron chi connectivity index (χ0n) is 23.8. The molecule has 0 radical (unpaired) electrons. The number of hydrogen-bond donors (Lipinski definition) is 3. The third-order valence-corrected chi connectivity index (χ3v) is 7.18. The summed E-state index contributed by atoms with van der Waals surface area (Å²) in [6.45, 7) is 5.22. The fraction of sp³-hybridized carbons (Fsp3) is 0.344. The summed E-state index contributed by atoms with van der Waals surface area (Å²) in [7, 11) is 2.97.